The Balaban J connectivity index is 1.98. The van der Waals surface area contributed by atoms with Crippen LogP contribution in [0.5, 0.6) is 0 Å². The van der Waals surface area contributed by atoms with E-state index in [-0.39, 0.29) is 24.5 Å². The zero-order valence-electron chi connectivity index (χ0n) is 10.5. The fraction of sp³-hybridized carbons (Fsp3) is 0.923. The van der Waals surface area contributed by atoms with Crippen LogP contribution in [0.4, 0.5) is 0 Å². The minimum absolute atomic E-state index is 0.00380. The molecule has 4 heteroatoms. The lowest BCUT2D eigenvalue weighted by molar-refractivity contribution is -0.142. The second-order valence-corrected chi connectivity index (χ2v) is 5.39. The normalized spacial score (nSPS) is 29.8. The Hall–Kier alpha value is -0.610. The molecule has 2 saturated carbocycles. The molecule has 2 aliphatic rings. The third-order valence-corrected chi connectivity index (χ3v) is 4.28. The maximum Gasteiger partial charge on any atom is 0.227 e. The van der Waals surface area contributed by atoms with Crippen LogP contribution in [0, 0.1) is 5.92 Å². The molecule has 2 rings (SSSR count). The van der Waals surface area contributed by atoms with Crippen LogP contribution in [0.1, 0.15) is 44.9 Å². The van der Waals surface area contributed by atoms with Crippen LogP contribution < -0.4 is 5.73 Å². The fourth-order valence-electron chi connectivity index (χ4n) is 2.96. The Morgan fingerprint density at radius 1 is 1.18 bits per heavy atom. The summed E-state index contributed by atoms with van der Waals surface area (Å²) in [6.07, 6.45) is 7.54. The van der Waals surface area contributed by atoms with Gasteiger partial charge in [-0.3, -0.25) is 4.79 Å². The van der Waals surface area contributed by atoms with Crippen molar-refractivity contribution in [2.75, 3.05) is 13.2 Å². The van der Waals surface area contributed by atoms with Crippen molar-refractivity contribution in [2.45, 2.75) is 57.0 Å². The summed E-state index contributed by atoms with van der Waals surface area (Å²) in [5.74, 6) is 0.187. The summed E-state index contributed by atoms with van der Waals surface area (Å²) >= 11 is 0. The summed E-state index contributed by atoms with van der Waals surface area (Å²) in [6, 6.07) is 0.390. The van der Waals surface area contributed by atoms with Gasteiger partial charge in [-0.2, -0.15) is 0 Å². The molecule has 0 aromatic rings. The van der Waals surface area contributed by atoms with E-state index >= 15 is 0 Å². The molecule has 0 spiro atoms. The zero-order valence-corrected chi connectivity index (χ0v) is 10.5. The number of carbonyl (C=O) groups excluding carboxylic acids is 1. The average Bonchev–Trinajstić information content (AvgIpc) is 2.26. The molecule has 0 saturated heterocycles. The molecular weight excluding hydrogens is 216 g/mol. The van der Waals surface area contributed by atoms with Gasteiger partial charge >= 0.3 is 0 Å². The SMILES string of the molecule is NC1CCCCC1C(=O)N(CCO)C1CCC1. The molecule has 2 aliphatic carbocycles. The van der Waals surface area contributed by atoms with Gasteiger partial charge in [0.2, 0.25) is 5.91 Å². The predicted octanol–water partition coefficient (Wildman–Crippen LogP) is 0.877. The maximum absolute atomic E-state index is 12.5. The van der Waals surface area contributed by atoms with E-state index in [4.69, 9.17) is 10.8 Å². The number of hydrogen-bond acceptors (Lipinski definition) is 3. The summed E-state index contributed by atoms with van der Waals surface area (Å²) in [5, 5.41) is 9.09. The minimum Gasteiger partial charge on any atom is -0.395 e. The van der Waals surface area contributed by atoms with Crippen LogP contribution in [0.2, 0.25) is 0 Å². The molecule has 0 aliphatic heterocycles. The van der Waals surface area contributed by atoms with Crippen molar-refractivity contribution < 1.29 is 9.90 Å². The standard InChI is InChI=1S/C13H24N2O2/c14-12-7-2-1-6-11(12)13(17)15(8-9-16)10-4-3-5-10/h10-12,16H,1-9,14H2. The van der Waals surface area contributed by atoms with E-state index in [0.29, 0.717) is 12.6 Å². The van der Waals surface area contributed by atoms with E-state index in [0.717, 1.165) is 38.5 Å². The number of nitrogens with zero attached hydrogens (tertiary/aromatic N) is 1. The summed E-state index contributed by atoms with van der Waals surface area (Å²) in [6.45, 7) is 0.539. The van der Waals surface area contributed by atoms with Crippen LogP contribution in [-0.2, 0) is 4.79 Å². The largest absolute Gasteiger partial charge is 0.395 e. The Bertz CT molecular complexity index is 266. The number of amides is 1. The summed E-state index contributed by atoms with van der Waals surface area (Å²) < 4.78 is 0. The molecule has 0 heterocycles. The zero-order chi connectivity index (χ0) is 12.3. The van der Waals surface area contributed by atoms with Gasteiger partial charge < -0.3 is 15.7 Å². The van der Waals surface area contributed by atoms with E-state index < -0.39 is 0 Å². The molecule has 17 heavy (non-hydrogen) atoms. The summed E-state index contributed by atoms with van der Waals surface area (Å²) in [7, 11) is 0. The van der Waals surface area contributed by atoms with Gasteiger partial charge in [-0.05, 0) is 32.1 Å². The predicted molar refractivity (Wildman–Crippen MR) is 66.4 cm³/mol. The Morgan fingerprint density at radius 3 is 2.41 bits per heavy atom. The van der Waals surface area contributed by atoms with Crippen molar-refractivity contribution in [1.29, 1.82) is 0 Å². The van der Waals surface area contributed by atoms with Crippen LogP contribution >= 0.6 is 0 Å². The van der Waals surface area contributed by atoms with E-state index in [1.165, 1.54) is 6.42 Å². The maximum atomic E-state index is 12.5. The van der Waals surface area contributed by atoms with Gasteiger partial charge in [0.15, 0.2) is 0 Å². The van der Waals surface area contributed by atoms with Crippen molar-refractivity contribution in [3.63, 3.8) is 0 Å². The lowest BCUT2D eigenvalue weighted by atomic mass is 9.82. The number of nitrogens with two attached hydrogens (primary N) is 1. The molecule has 0 aromatic carbocycles. The lowest BCUT2D eigenvalue weighted by Crippen LogP contribution is -2.52. The first kappa shape index (κ1) is 12.8. The van der Waals surface area contributed by atoms with Crippen LogP contribution in [-0.4, -0.2) is 41.1 Å². The van der Waals surface area contributed by atoms with Crippen molar-refractivity contribution in [2.24, 2.45) is 11.7 Å². The highest BCUT2D eigenvalue weighted by Gasteiger charge is 2.35. The van der Waals surface area contributed by atoms with Crippen molar-refractivity contribution >= 4 is 5.91 Å². The number of rotatable bonds is 4. The van der Waals surface area contributed by atoms with Crippen molar-refractivity contribution in [3.8, 4) is 0 Å². The third kappa shape index (κ3) is 2.80. The second-order valence-electron chi connectivity index (χ2n) is 5.39. The van der Waals surface area contributed by atoms with Gasteiger partial charge in [0.1, 0.15) is 0 Å². The number of aliphatic hydroxyl groups excluding tert-OH is 1. The highest BCUT2D eigenvalue weighted by atomic mass is 16.3. The molecular formula is C13H24N2O2. The number of aliphatic hydroxyl groups is 1. The molecule has 2 atom stereocenters. The third-order valence-electron chi connectivity index (χ3n) is 4.28. The van der Waals surface area contributed by atoms with E-state index in [2.05, 4.69) is 0 Å². The number of carbonyl (C=O) groups is 1. The van der Waals surface area contributed by atoms with Gasteiger partial charge in [-0.1, -0.05) is 12.8 Å². The van der Waals surface area contributed by atoms with Crippen molar-refractivity contribution in [1.82, 2.24) is 4.90 Å². The average molecular weight is 240 g/mol. The molecule has 0 aromatic heterocycles. The van der Waals surface area contributed by atoms with Crippen molar-refractivity contribution in [3.05, 3.63) is 0 Å². The van der Waals surface area contributed by atoms with Crippen LogP contribution in [0.25, 0.3) is 0 Å². The van der Waals surface area contributed by atoms with Gasteiger partial charge in [0.05, 0.1) is 12.5 Å². The monoisotopic (exact) mass is 240 g/mol. The van der Waals surface area contributed by atoms with E-state index in [1.54, 1.807) is 0 Å². The van der Waals surface area contributed by atoms with Crippen LogP contribution in [0.15, 0.2) is 0 Å². The molecule has 1 amide bonds. The van der Waals surface area contributed by atoms with Gasteiger partial charge in [0, 0.05) is 18.6 Å². The van der Waals surface area contributed by atoms with Gasteiger partial charge in [0.25, 0.3) is 0 Å². The first-order chi connectivity index (χ1) is 8.24. The quantitative estimate of drug-likeness (QED) is 0.766. The molecule has 3 N–H and O–H groups in total. The van der Waals surface area contributed by atoms with Gasteiger partial charge in [-0.25, -0.2) is 0 Å². The van der Waals surface area contributed by atoms with Gasteiger partial charge in [-0.15, -0.1) is 0 Å². The fourth-order valence-corrected chi connectivity index (χ4v) is 2.96. The van der Waals surface area contributed by atoms with E-state index in [9.17, 15) is 4.79 Å². The summed E-state index contributed by atoms with van der Waals surface area (Å²) in [4.78, 5) is 14.4. The summed E-state index contributed by atoms with van der Waals surface area (Å²) in [5.41, 5.74) is 6.06. The Kier molecular flexibility index (Phi) is 4.40. The topological polar surface area (TPSA) is 66.6 Å². The first-order valence-corrected chi connectivity index (χ1v) is 6.91. The van der Waals surface area contributed by atoms with E-state index in [1.807, 2.05) is 4.90 Å². The molecule has 2 unspecified atom stereocenters. The minimum atomic E-state index is -0.00380. The second kappa shape index (κ2) is 5.83. The first-order valence-electron chi connectivity index (χ1n) is 6.91. The highest BCUT2D eigenvalue weighted by molar-refractivity contribution is 5.80. The molecule has 0 bridgehead atoms. The smallest absolute Gasteiger partial charge is 0.227 e. The Morgan fingerprint density at radius 2 is 1.88 bits per heavy atom. The molecule has 4 nitrogen and oxygen atoms in total. The molecule has 2 fully saturated rings. The molecule has 98 valence electrons. The van der Waals surface area contributed by atoms with Crippen LogP contribution in [0.3, 0.4) is 0 Å². The molecule has 0 radical (unpaired) electrons. The number of hydrogen-bond donors (Lipinski definition) is 2. The highest BCUT2D eigenvalue weighted by Crippen LogP contribution is 2.30. The Labute approximate surface area is 103 Å². The lowest BCUT2D eigenvalue weighted by Gasteiger charge is -2.41.